The first-order valence-electron chi connectivity index (χ1n) is 12.8. The van der Waals surface area contributed by atoms with E-state index in [9.17, 15) is 14.7 Å². The maximum absolute atomic E-state index is 13.3. The van der Waals surface area contributed by atoms with Crippen LogP contribution in [0.1, 0.15) is 36.1 Å². The number of rotatable bonds is 11. The lowest BCUT2D eigenvalue weighted by Crippen LogP contribution is -2.32. The van der Waals surface area contributed by atoms with E-state index in [1.54, 1.807) is 29.2 Å². The molecule has 1 atom stereocenters. The van der Waals surface area contributed by atoms with Gasteiger partial charge in [0.2, 0.25) is 0 Å². The van der Waals surface area contributed by atoms with E-state index in [2.05, 4.69) is 0 Å². The molecule has 0 saturated carbocycles. The summed E-state index contributed by atoms with van der Waals surface area (Å²) in [5, 5.41) is 11.3. The molecule has 38 heavy (non-hydrogen) atoms. The van der Waals surface area contributed by atoms with E-state index in [-0.39, 0.29) is 11.3 Å². The number of aliphatic hydroxyl groups is 1. The number of nitrogens with zero attached hydrogens (tertiary/aromatic N) is 2. The fraction of sp³-hybridized carbons (Fsp3) is 0.290. The fourth-order valence-electron chi connectivity index (χ4n) is 4.56. The summed E-state index contributed by atoms with van der Waals surface area (Å²) in [6.45, 7) is 3.94. The van der Waals surface area contributed by atoms with Gasteiger partial charge in [0, 0.05) is 12.1 Å². The molecule has 1 N–H and O–H groups in total. The second-order valence-electron chi connectivity index (χ2n) is 9.45. The van der Waals surface area contributed by atoms with Crippen LogP contribution < -0.4 is 9.47 Å². The fourth-order valence-corrected chi connectivity index (χ4v) is 4.56. The third-order valence-electron chi connectivity index (χ3n) is 6.41. The Labute approximate surface area is 223 Å². The molecule has 1 amide bonds. The number of hydrogen-bond acceptors (Lipinski definition) is 6. The number of Topliss-reactive ketones (excluding diaryl/α,β-unsaturated/α-hetero) is 1. The first kappa shape index (κ1) is 26.9. The molecule has 1 aliphatic rings. The van der Waals surface area contributed by atoms with Crippen LogP contribution in [0.15, 0.2) is 84.4 Å². The van der Waals surface area contributed by atoms with E-state index in [0.717, 1.165) is 12.1 Å². The van der Waals surface area contributed by atoms with Crippen molar-refractivity contribution < 1.29 is 24.2 Å². The summed E-state index contributed by atoms with van der Waals surface area (Å²) < 4.78 is 11.5. The second-order valence-corrected chi connectivity index (χ2v) is 9.45. The Morgan fingerprint density at radius 3 is 2.34 bits per heavy atom. The van der Waals surface area contributed by atoms with Crippen molar-refractivity contribution >= 4 is 17.4 Å². The van der Waals surface area contributed by atoms with Gasteiger partial charge in [-0.15, -0.1) is 0 Å². The number of benzene rings is 3. The summed E-state index contributed by atoms with van der Waals surface area (Å²) in [6, 6.07) is 23.3. The predicted molar refractivity (Wildman–Crippen MR) is 147 cm³/mol. The van der Waals surface area contributed by atoms with Crippen molar-refractivity contribution in [2.75, 3.05) is 33.8 Å². The van der Waals surface area contributed by atoms with Crippen molar-refractivity contribution in [1.29, 1.82) is 0 Å². The molecule has 1 unspecified atom stereocenters. The highest BCUT2D eigenvalue weighted by Gasteiger charge is 2.45. The van der Waals surface area contributed by atoms with Crippen LogP contribution in [-0.2, 0) is 16.2 Å². The molecule has 0 spiro atoms. The van der Waals surface area contributed by atoms with Crippen LogP contribution >= 0.6 is 0 Å². The number of hydrogen-bond donors (Lipinski definition) is 1. The highest BCUT2D eigenvalue weighted by Crippen LogP contribution is 2.40. The quantitative estimate of drug-likeness (QED) is 0.220. The first-order valence-corrected chi connectivity index (χ1v) is 12.8. The van der Waals surface area contributed by atoms with Crippen LogP contribution in [0.5, 0.6) is 11.5 Å². The van der Waals surface area contributed by atoms with Crippen molar-refractivity contribution in [3.8, 4) is 11.5 Å². The second kappa shape index (κ2) is 12.4. The Kier molecular flexibility index (Phi) is 8.81. The zero-order chi connectivity index (χ0) is 27.1. The summed E-state index contributed by atoms with van der Waals surface area (Å²) in [5.41, 5.74) is 2.25. The number of likely N-dealkylation sites (tertiary alicyclic amines) is 1. The number of amides is 1. The smallest absolute Gasteiger partial charge is 0.295 e. The molecular formula is C31H34N2O5. The Bertz CT molecular complexity index is 1290. The van der Waals surface area contributed by atoms with Gasteiger partial charge in [0.15, 0.2) is 0 Å². The van der Waals surface area contributed by atoms with E-state index >= 15 is 0 Å². The van der Waals surface area contributed by atoms with E-state index in [4.69, 9.17) is 9.47 Å². The summed E-state index contributed by atoms with van der Waals surface area (Å²) >= 11 is 0. The van der Waals surface area contributed by atoms with Crippen molar-refractivity contribution in [2.24, 2.45) is 0 Å². The summed E-state index contributed by atoms with van der Waals surface area (Å²) in [7, 11) is 3.93. The Morgan fingerprint density at radius 2 is 1.66 bits per heavy atom. The molecule has 3 aromatic rings. The van der Waals surface area contributed by atoms with E-state index in [1.807, 2.05) is 80.5 Å². The predicted octanol–water partition coefficient (Wildman–Crippen LogP) is 5.04. The van der Waals surface area contributed by atoms with Crippen LogP contribution in [0.2, 0.25) is 0 Å². The van der Waals surface area contributed by atoms with Crippen molar-refractivity contribution in [3.05, 3.63) is 101 Å². The third-order valence-corrected chi connectivity index (χ3v) is 6.41. The normalized spacial score (nSPS) is 16.7. The highest BCUT2D eigenvalue weighted by molar-refractivity contribution is 6.46. The van der Waals surface area contributed by atoms with Gasteiger partial charge in [-0.2, -0.15) is 0 Å². The average molecular weight is 515 g/mol. The van der Waals surface area contributed by atoms with Crippen molar-refractivity contribution in [2.45, 2.75) is 26.0 Å². The molecule has 1 fully saturated rings. The minimum Gasteiger partial charge on any atom is -0.507 e. The number of ketones is 1. The van der Waals surface area contributed by atoms with Crippen LogP contribution in [0.3, 0.4) is 0 Å². The summed E-state index contributed by atoms with van der Waals surface area (Å²) in [4.78, 5) is 30.1. The third kappa shape index (κ3) is 6.23. The van der Waals surface area contributed by atoms with Gasteiger partial charge in [0.1, 0.15) is 23.9 Å². The lowest BCUT2D eigenvalue weighted by molar-refractivity contribution is -0.139. The van der Waals surface area contributed by atoms with Gasteiger partial charge in [-0.05, 0) is 81.5 Å². The highest BCUT2D eigenvalue weighted by atomic mass is 16.5. The standard InChI is InChI=1S/C31H34N2O5/c1-4-37-25-16-14-23(15-17-25)29(34)27-28(33(31(36)30(27)35)19-9-18-32(2)3)24-12-8-13-26(20-24)38-21-22-10-6-5-7-11-22/h5-8,10-17,20,28,34H,4,9,18-19,21H2,1-3H3. The molecule has 0 aliphatic carbocycles. The SMILES string of the molecule is CCOc1ccc(C(O)=C2C(=O)C(=O)N(CCCN(C)C)C2c2cccc(OCc3ccccc3)c2)cc1. The van der Waals surface area contributed by atoms with Crippen LogP contribution in [0, 0.1) is 0 Å². The van der Waals surface area contributed by atoms with E-state index in [1.165, 1.54) is 0 Å². The van der Waals surface area contributed by atoms with Crippen LogP contribution in [0.4, 0.5) is 0 Å². The monoisotopic (exact) mass is 514 g/mol. The lowest BCUT2D eigenvalue weighted by atomic mass is 9.95. The maximum atomic E-state index is 13.3. The molecule has 1 saturated heterocycles. The number of ether oxygens (including phenoxy) is 2. The molecule has 1 heterocycles. The molecule has 0 bridgehead atoms. The molecule has 0 aromatic heterocycles. The maximum Gasteiger partial charge on any atom is 0.295 e. The molecule has 198 valence electrons. The average Bonchev–Trinajstić information content (AvgIpc) is 3.18. The molecule has 4 rings (SSSR count). The number of carbonyl (C=O) groups excluding carboxylic acids is 2. The van der Waals surface area contributed by atoms with Gasteiger partial charge in [0.05, 0.1) is 18.2 Å². The largest absolute Gasteiger partial charge is 0.507 e. The van der Waals surface area contributed by atoms with Gasteiger partial charge in [-0.3, -0.25) is 9.59 Å². The minimum atomic E-state index is -0.732. The summed E-state index contributed by atoms with van der Waals surface area (Å²) in [5.74, 6) is -0.236. The number of aliphatic hydroxyl groups excluding tert-OH is 1. The zero-order valence-corrected chi connectivity index (χ0v) is 22.1. The van der Waals surface area contributed by atoms with E-state index in [0.29, 0.717) is 48.8 Å². The van der Waals surface area contributed by atoms with Gasteiger partial charge < -0.3 is 24.4 Å². The molecule has 1 aliphatic heterocycles. The Balaban J connectivity index is 1.70. The van der Waals surface area contributed by atoms with Gasteiger partial charge in [-0.25, -0.2) is 0 Å². The van der Waals surface area contributed by atoms with Crippen molar-refractivity contribution in [1.82, 2.24) is 9.80 Å². The molecule has 3 aromatic carbocycles. The Hall–Kier alpha value is -4.10. The number of carbonyl (C=O) groups is 2. The van der Waals surface area contributed by atoms with E-state index < -0.39 is 17.7 Å². The van der Waals surface area contributed by atoms with Crippen LogP contribution in [-0.4, -0.2) is 60.4 Å². The molecule has 0 radical (unpaired) electrons. The topological polar surface area (TPSA) is 79.3 Å². The zero-order valence-electron chi connectivity index (χ0n) is 22.1. The molecule has 7 nitrogen and oxygen atoms in total. The molecular weight excluding hydrogens is 480 g/mol. The van der Waals surface area contributed by atoms with Crippen molar-refractivity contribution in [3.63, 3.8) is 0 Å². The van der Waals surface area contributed by atoms with Crippen LogP contribution in [0.25, 0.3) is 5.76 Å². The lowest BCUT2D eigenvalue weighted by Gasteiger charge is -2.26. The van der Waals surface area contributed by atoms with Gasteiger partial charge >= 0.3 is 0 Å². The Morgan fingerprint density at radius 1 is 0.921 bits per heavy atom. The first-order chi connectivity index (χ1) is 18.4. The minimum absolute atomic E-state index is 0.0734. The molecule has 7 heteroatoms. The van der Waals surface area contributed by atoms with Gasteiger partial charge in [0.25, 0.3) is 11.7 Å². The summed E-state index contributed by atoms with van der Waals surface area (Å²) in [6.07, 6.45) is 0.684. The van der Waals surface area contributed by atoms with Gasteiger partial charge in [-0.1, -0.05) is 42.5 Å².